The fraction of sp³-hybridized carbons (Fsp3) is 0.0513. The second-order valence-corrected chi connectivity index (χ2v) is 12.6. The molecular formula is C39H26N4S. The summed E-state index contributed by atoms with van der Waals surface area (Å²) >= 11 is 1.88. The van der Waals surface area contributed by atoms with E-state index in [0.717, 1.165) is 5.84 Å². The molecule has 0 bridgehead atoms. The smallest absolute Gasteiger partial charge is 0.151 e. The van der Waals surface area contributed by atoms with Crippen molar-refractivity contribution >= 4 is 59.2 Å². The molecule has 2 aliphatic heterocycles. The van der Waals surface area contributed by atoms with Crippen molar-refractivity contribution in [3.63, 3.8) is 0 Å². The number of thiophene rings is 1. The number of hydrogen-bond acceptors (Lipinski definition) is 4. The van der Waals surface area contributed by atoms with Crippen molar-refractivity contribution in [3.8, 4) is 5.69 Å². The van der Waals surface area contributed by atoms with Crippen LogP contribution >= 0.6 is 11.3 Å². The van der Waals surface area contributed by atoms with Crippen LogP contribution in [-0.2, 0) is 0 Å². The molecule has 3 unspecified atom stereocenters. The van der Waals surface area contributed by atoms with E-state index >= 15 is 0 Å². The first-order valence-electron chi connectivity index (χ1n) is 15.0. The SMILES string of the molecule is c1ccc(C2N=C(c3cccc4c3sc3cc5c(cc34)c3ccccc3n5-c3ccccc3)N3C(c4ccccc4)N23)cc1. The van der Waals surface area contributed by atoms with Gasteiger partial charge in [-0.2, -0.15) is 5.01 Å². The summed E-state index contributed by atoms with van der Waals surface area (Å²) in [5.41, 5.74) is 7.36. The Balaban J connectivity index is 1.19. The number of rotatable bonds is 4. The normalized spacial score (nSPS) is 19.2. The van der Waals surface area contributed by atoms with E-state index in [9.17, 15) is 0 Å². The minimum Gasteiger partial charge on any atom is -0.309 e. The molecule has 208 valence electrons. The van der Waals surface area contributed by atoms with E-state index in [-0.39, 0.29) is 12.3 Å². The first-order chi connectivity index (χ1) is 21.8. The minimum absolute atomic E-state index is 0.0409. The van der Waals surface area contributed by atoms with E-state index in [2.05, 4.69) is 160 Å². The lowest BCUT2D eigenvalue weighted by Gasteiger charge is -2.11. The Morgan fingerprint density at radius 2 is 1.23 bits per heavy atom. The summed E-state index contributed by atoms with van der Waals surface area (Å²) in [6, 6.07) is 52.4. The van der Waals surface area contributed by atoms with Crippen LogP contribution < -0.4 is 0 Å². The molecule has 44 heavy (non-hydrogen) atoms. The minimum atomic E-state index is -0.0409. The summed E-state index contributed by atoms with van der Waals surface area (Å²) in [7, 11) is 0. The highest BCUT2D eigenvalue weighted by Gasteiger charge is 2.57. The Morgan fingerprint density at radius 1 is 0.545 bits per heavy atom. The Morgan fingerprint density at radius 3 is 2.02 bits per heavy atom. The zero-order chi connectivity index (χ0) is 28.8. The predicted octanol–water partition coefficient (Wildman–Crippen LogP) is 9.84. The number of aliphatic imine (C=N–C) groups is 1. The molecule has 1 saturated heterocycles. The van der Waals surface area contributed by atoms with Gasteiger partial charge in [-0.1, -0.05) is 109 Å². The summed E-state index contributed by atoms with van der Waals surface area (Å²) in [6.45, 7) is 0. The molecule has 0 saturated carbocycles. The van der Waals surface area contributed by atoms with E-state index in [1.807, 2.05) is 11.3 Å². The van der Waals surface area contributed by atoms with Crippen LogP contribution in [0.4, 0.5) is 0 Å². The summed E-state index contributed by atoms with van der Waals surface area (Å²) in [5, 5.41) is 9.95. The van der Waals surface area contributed by atoms with Crippen molar-refractivity contribution in [2.24, 2.45) is 4.99 Å². The largest absolute Gasteiger partial charge is 0.309 e. The molecule has 0 aliphatic carbocycles. The van der Waals surface area contributed by atoms with Gasteiger partial charge in [-0.05, 0) is 47.5 Å². The highest BCUT2D eigenvalue weighted by atomic mass is 32.1. The molecule has 2 aromatic heterocycles. The van der Waals surface area contributed by atoms with Gasteiger partial charge in [-0.3, -0.25) is 5.01 Å². The maximum absolute atomic E-state index is 5.37. The lowest BCUT2D eigenvalue weighted by molar-refractivity contribution is 0.341. The van der Waals surface area contributed by atoms with E-state index in [1.54, 1.807) is 0 Å². The molecule has 0 N–H and O–H groups in total. The van der Waals surface area contributed by atoms with Crippen LogP contribution in [0.1, 0.15) is 29.0 Å². The number of nitrogens with zero attached hydrogens (tertiary/aromatic N) is 4. The van der Waals surface area contributed by atoms with Crippen molar-refractivity contribution < 1.29 is 0 Å². The fourth-order valence-corrected chi connectivity index (χ4v) is 8.38. The van der Waals surface area contributed by atoms with Crippen LogP contribution in [0.3, 0.4) is 0 Å². The van der Waals surface area contributed by atoms with Gasteiger partial charge in [-0.15, -0.1) is 11.3 Å². The molecule has 6 aromatic carbocycles. The first-order valence-corrected chi connectivity index (χ1v) is 15.9. The molecule has 1 fully saturated rings. The van der Waals surface area contributed by atoms with E-state index in [1.165, 1.54) is 64.4 Å². The Kier molecular flexibility index (Phi) is 5.03. The van der Waals surface area contributed by atoms with Gasteiger partial charge in [0.25, 0.3) is 0 Å². The van der Waals surface area contributed by atoms with E-state index < -0.39 is 0 Å². The number of amidine groups is 1. The van der Waals surface area contributed by atoms with Gasteiger partial charge in [0.1, 0.15) is 12.3 Å². The molecule has 10 rings (SSSR count). The molecule has 8 aromatic rings. The molecule has 0 amide bonds. The molecule has 0 radical (unpaired) electrons. The number of benzene rings is 6. The van der Waals surface area contributed by atoms with Gasteiger partial charge < -0.3 is 4.57 Å². The zero-order valence-electron chi connectivity index (χ0n) is 23.7. The van der Waals surface area contributed by atoms with Crippen LogP contribution in [0.15, 0.2) is 151 Å². The monoisotopic (exact) mass is 582 g/mol. The summed E-state index contributed by atoms with van der Waals surface area (Å²) in [4.78, 5) is 5.37. The maximum Gasteiger partial charge on any atom is 0.151 e. The third kappa shape index (κ3) is 3.39. The number of hydrogen-bond donors (Lipinski definition) is 0. The first kappa shape index (κ1) is 24.2. The lowest BCUT2D eigenvalue weighted by atomic mass is 10.1. The van der Waals surface area contributed by atoms with Gasteiger partial charge in [0, 0.05) is 42.2 Å². The predicted molar refractivity (Wildman–Crippen MR) is 182 cm³/mol. The molecule has 3 atom stereocenters. The molecular weight excluding hydrogens is 557 g/mol. The number of para-hydroxylation sites is 2. The Hall–Kier alpha value is -5.23. The van der Waals surface area contributed by atoms with Crippen molar-refractivity contribution in [2.75, 3.05) is 0 Å². The second kappa shape index (κ2) is 9.13. The van der Waals surface area contributed by atoms with Crippen molar-refractivity contribution in [1.29, 1.82) is 0 Å². The van der Waals surface area contributed by atoms with Gasteiger partial charge in [-0.25, -0.2) is 4.99 Å². The van der Waals surface area contributed by atoms with Gasteiger partial charge in [0.05, 0.1) is 11.0 Å². The Labute approximate surface area is 258 Å². The van der Waals surface area contributed by atoms with Crippen molar-refractivity contribution in [1.82, 2.24) is 14.6 Å². The number of fused-ring (bicyclic) bond motifs is 7. The van der Waals surface area contributed by atoms with Crippen LogP contribution in [0.25, 0.3) is 47.7 Å². The van der Waals surface area contributed by atoms with Gasteiger partial charge in [0.2, 0.25) is 0 Å². The maximum atomic E-state index is 5.37. The quantitative estimate of drug-likeness (QED) is 0.193. The van der Waals surface area contributed by atoms with Crippen molar-refractivity contribution in [3.05, 3.63) is 162 Å². The van der Waals surface area contributed by atoms with E-state index in [4.69, 9.17) is 4.99 Å². The van der Waals surface area contributed by atoms with Crippen LogP contribution in [-0.4, -0.2) is 20.4 Å². The Bertz CT molecular complexity index is 2410. The number of aromatic nitrogens is 1. The highest BCUT2D eigenvalue weighted by molar-refractivity contribution is 7.26. The summed E-state index contributed by atoms with van der Waals surface area (Å²) in [6.07, 6.45) is 0.138. The second-order valence-electron chi connectivity index (χ2n) is 11.6. The van der Waals surface area contributed by atoms with Gasteiger partial charge >= 0.3 is 0 Å². The van der Waals surface area contributed by atoms with Crippen LogP contribution in [0, 0.1) is 0 Å². The zero-order valence-corrected chi connectivity index (χ0v) is 24.5. The molecule has 5 heteroatoms. The standard InChI is InChI=1S/C39H26N4S/c1-4-13-25(14-5-1)37-40-38(43-39(42(37)43)26-15-6-2-7-16-26)30-21-12-20-29-32-23-31-28-19-10-11-22-33(28)41(27-17-8-3-9-18-27)34(31)24-35(32)44-36(29)30/h1-24,37,39H. The fourth-order valence-electron chi connectivity index (χ4n) is 7.15. The van der Waals surface area contributed by atoms with Gasteiger partial charge in [0.15, 0.2) is 5.84 Å². The number of hydrazine groups is 1. The third-order valence-corrected chi connectivity index (χ3v) is 10.3. The average Bonchev–Trinajstić information content (AvgIpc) is 3.35. The highest BCUT2D eigenvalue weighted by Crippen LogP contribution is 2.55. The topological polar surface area (TPSA) is 23.3 Å². The van der Waals surface area contributed by atoms with Crippen LogP contribution in [0.5, 0.6) is 0 Å². The molecule has 4 nitrogen and oxygen atoms in total. The summed E-state index contributed by atoms with van der Waals surface area (Å²) in [5.74, 6) is 1.05. The molecule has 0 spiro atoms. The molecule has 2 aliphatic rings. The third-order valence-electron chi connectivity index (χ3n) is 9.13. The molecule has 4 heterocycles. The summed E-state index contributed by atoms with van der Waals surface area (Å²) < 4.78 is 4.98. The van der Waals surface area contributed by atoms with Crippen molar-refractivity contribution in [2.45, 2.75) is 12.3 Å². The van der Waals surface area contributed by atoms with E-state index in [0.29, 0.717) is 0 Å². The lowest BCUT2D eigenvalue weighted by Crippen LogP contribution is -2.11. The average molecular weight is 583 g/mol. The van der Waals surface area contributed by atoms with Crippen LogP contribution in [0.2, 0.25) is 0 Å².